The van der Waals surface area contributed by atoms with E-state index in [-0.39, 0.29) is 10.0 Å². The Balaban J connectivity index is 1.67. The molecule has 0 atom stereocenters. The number of nitro groups is 1. The molecule has 1 saturated heterocycles. The number of halogens is 1. The van der Waals surface area contributed by atoms with Crippen LogP contribution in [0.2, 0.25) is 0 Å². The van der Waals surface area contributed by atoms with Gasteiger partial charge in [0.25, 0.3) is 11.6 Å². The van der Waals surface area contributed by atoms with Gasteiger partial charge in [0, 0.05) is 12.1 Å². The average Bonchev–Trinajstić information content (AvgIpc) is 3.28. The largest absolute Gasteiger partial charge is 0.456 e. The summed E-state index contributed by atoms with van der Waals surface area (Å²) in [6.45, 7) is 3.67. The Morgan fingerprint density at radius 2 is 1.90 bits per heavy atom. The van der Waals surface area contributed by atoms with Gasteiger partial charge in [0.15, 0.2) is 4.32 Å². The van der Waals surface area contributed by atoms with Crippen LogP contribution in [0.1, 0.15) is 16.9 Å². The monoisotopic (exact) mass is 454 g/mol. The van der Waals surface area contributed by atoms with Gasteiger partial charge in [0.2, 0.25) is 0 Å². The van der Waals surface area contributed by atoms with Crippen LogP contribution < -0.4 is 4.90 Å². The molecular formula is C22H15FN2O4S2. The van der Waals surface area contributed by atoms with Crippen LogP contribution >= 0.6 is 24.0 Å². The van der Waals surface area contributed by atoms with Gasteiger partial charge in [-0.15, -0.1) is 0 Å². The van der Waals surface area contributed by atoms with Crippen LogP contribution in [-0.2, 0) is 4.79 Å². The third-order valence-electron chi connectivity index (χ3n) is 4.83. The van der Waals surface area contributed by atoms with Crippen LogP contribution in [-0.4, -0.2) is 15.2 Å². The molecule has 1 fully saturated rings. The summed E-state index contributed by atoms with van der Waals surface area (Å²) in [5.74, 6) is -0.194. The zero-order valence-electron chi connectivity index (χ0n) is 16.4. The summed E-state index contributed by atoms with van der Waals surface area (Å²) < 4.78 is 19.6. The van der Waals surface area contributed by atoms with Crippen molar-refractivity contribution in [1.29, 1.82) is 0 Å². The number of nitrogens with zero attached hydrogens (tertiary/aromatic N) is 2. The Hall–Kier alpha value is -3.30. The minimum Gasteiger partial charge on any atom is -0.456 e. The molecule has 3 aromatic rings. The number of rotatable bonds is 4. The number of aryl methyl sites for hydroxylation is 2. The van der Waals surface area contributed by atoms with Crippen molar-refractivity contribution in [1.82, 2.24) is 0 Å². The van der Waals surface area contributed by atoms with Crippen LogP contribution in [0.15, 0.2) is 57.9 Å². The van der Waals surface area contributed by atoms with Crippen molar-refractivity contribution in [2.24, 2.45) is 0 Å². The molecule has 2 heterocycles. The Bertz CT molecular complexity index is 1280. The van der Waals surface area contributed by atoms with Gasteiger partial charge in [-0.1, -0.05) is 30.0 Å². The molecule has 1 amide bonds. The number of benzene rings is 2. The fourth-order valence-electron chi connectivity index (χ4n) is 3.16. The maximum absolute atomic E-state index is 13.6. The van der Waals surface area contributed by atoms with Gasteiger partial charge in [-0.05, 0) is 61.4 Å². The van der Waals surface area contributed by atoms with E-state index < -0.39 is 16.6 Å². The minimum absolute atomic E-state index is 0.0542. The molecule has 1 aliphatic rings. The van der Waals surface area contributed by atoms with Crippen molar-refractivity contribution in [3.8, 4) is 11.3 Å². The number of thiocarbonyl (C=S) groups is 1. The lowest BCUT2D eigenvalue weighted by molar-refractivity contribution is -0.384. The number of carbonyl (C=O) groups is 1. The van der Waals surface area contributed by atoms with Crippen molar-refractivity contribution in [2.75, 3.05) is 4.90 Å². The number of thioether (sulfide) groups is 1. The van der Waals surface area contributed by atoms with Crippen molar-refractivity contribution < 1.29 is 18.5 Å². The number of furan rings is 1. The molecule has 0 unspecified atom stereocenters. The maximum atomic E-state index is 13.6. The second kappa shape index (κ2) is 8.09. The molecule has 0 spiro atoms. The van der Waals surface area contributed by atoms with E-state index in [1.54, 1.807) is 31.2 Å². The lowest BCUT2D eigenvalue weighted by atomic mass is 10.0. The summed E-state index contributed by atoms with van der Waals surface area (Å²) in [7, 11) is 0. The lowest BCUT2D eigenvalue weighted by Crippen LogP contribution is -2.27. The first-order chi connectivity index (χ1) is 14.7. The van der Waals surface area contributed by atoms with Gasteiger partial charge in [0.05, 0.1) is 21.1 Å². The summed E-state index contributed by atoms with van der Waals surface area (Å²) in [6, 6.07) is 12.1. The first-order valence-corrected chi connectivity index (χ1v) is 10.4. The highest BCUT2D eigenvalue weighted by Crippen LogP contribution is 2.38. The molecule has 0 radical (unpaired) electrons. The highest BCUT2D eigenvalue weighted by molar-refractivity contribution is 8.27. The third-order valence-corrected chi connectivity index (χ3v) is 6.14. The second-order valence-electron chi connectivity index (χ2n) is 6.91. The summed E-state index contributed by atoms with van der Waals surface area (Å²) in [5, 5.41) is 11.5. The molecule has 4 rings (SSSR count). The van der Waals surface area contributed by atoms with E-state index in [1.165, 1.54) is 35.2 Å². The quantitative estimate of drug-likeness (QED) is 0.208. The predicted octanol–water partition coefficient (Wildman–Crippen LogP) is 6.02. The van der Waals surface area contributed by atoms with E-state index in [0.29, 0.717) is 27.7 Å². The van der Waals surface area contributed by atoms with Crippen LogP contribution in [0.25, 0.3) is 17.4 Å². The highest BCUT2D eigenvalue weighted by atomic mass is 32.2. The topological polar surface area (TPSA) is 76.6 Å². The van der Waals surface area contributed by atoms with Crippen LogP contribution in [0, 0.1) is 29.8 Å². The number of hydrogen-bond donors (Lipinski definition) is 0. The first kappa shape index (κ1) is 21.0. The maximum Gasteiger partial charge on any atom is 0.280 e. The summed E-state index contributed by atoms with van der Waals surface area (Å²) in [6.07, 6.45) is 1.52. The molecule has 0 N–H and O–H groups in total. The number of amides is 1. The van der Waals surface area contributed by atoms with E-state index in [9.17, 15) is 19.3 Å². The smallest absolute Gasteiger partial charge is 0.280 e. The molecule has 31 heavy (non-hydrogen) atoms. The second-order valence-corrected chi connectivity index (χ2v) is 8.59. The SMILES string of the molecule is Cc1cc(-c2ccc(/C=C3/SC(=S)N(c4cccc(F)c4)C3=O)o2)c([N+](=O)[O-])cc1C. The standard InChI is InChI=1S/C22H15FN2O4S2/c1-12-8-17(18(25(27)28)9-13(12)2)19-7-6-16(29-19)11-20-21(26)24(22(30)31-20)15-5-3-4-14(23)10-15/h3-11H,1-2H3/b20-11+. The van der Waals surface area contributed by atoms with Crippen molar-refractivity contribution in [3.05, 3.63) is 86.3 Å². The van der Waals surface area contributed by atoms with E-state index in [0.717, 1.165) is 22.9 Å². The summed E-state index contributed by atoms with van der Waals surface area (Å²) >= 11 is 6.36. The van der Waals surface area contributed by atoms with Gasteiger partial charge in [-0.3, -0.25) is 19.8 Å². The summed E-state index contributed by atoms with van der Waals surface area (Å²) in [5.41, 5.74) is 2.36. The van der Waals surface area contributed by atoms with Gasteiger partial charge in [-0.25, -0.2) is 4.39 Å². The van der Waals surface area contributed by atoms with E-state index in [4.69, 9.17) is 16.6 Å². The molecule has 1 aliphatic heterocycles. The number of hydrogen-bond acceptors (Lipinski definition) is 6. The van der Waals surface area contributed by atoms with Crippen LogP contribution in [0.3, 0.4) is 0 Å². The van der Waals surface area contributed by atoms with Gasteiger partial charge in [0.1, 0.15) is 17.3 Å². The van der Waals surface area contributed by atoms with Crippen molar-refractivity contribution >= 4 is 51.7 Å². The summed E-state index contributed by atoms with van der Waals surface area (Å²) in [4.78, 5) is 25.4. The minimum atomic E-state index is -0.471. The normalized spacial score (nSPS) is 15.2. The van der Waals surface area contributed by atoms with Crippen molar-refractivity contribution in [3.63, 3.8) is 0 Å². The molecule has 9 heteroatoms. The lowest BCUT2D eigenvalue weighted by Gasteiger charge is -2.14. The Morgan fingerprint density at radius 1 is 1.16 bits per heavy atom. The molecule has 0 bridgehead atoms. The molecule has 1 aromatic heterocycles. The Kier molecular flexibility index (Phi) is 5.47. The van der Waals surface area contributed by atoms with Gasteiger partial charge in [-0.2, -0.15) is 0 Å². The fraction of sp³-hybridized carbons (Fsp3) is 0.0909. The molecule has 2 aromatic carbocycles. The average molecular weight is 455 g/mol. The van der Waals surface area contributed by atoms with Crippen molar-refractivity contribution in [2.45, 2.75) is 13.8 Å². The highest BCUT2D eigenvalue weighted by Gasteiger charge is 2.33. The number of carbonyl (C=O) groups excluding carboxylic acids is 1. The molecule has 0 aliphatic carbocycles. The zero-order chi connectivity index (χ0) is 22.3. The predicted molar refractivity (Wildman–Crippen MR) is 122 cm³/mol. The Labute approximate surface area is 186 Å². The first-order valence-electron chi connectivity index (χ1n) is 9.14. The number of anilines is 1. The molecule has 6 nitrogen and oxygen atoms in total. The molecule has 156 valence electrons. The van der Waals surface area contributed by atoms with Crippen LogP contribution in [0.5, 0.6) is 0 Å². The van der Waals surface area contributed by atoms with E-state index in [2.05, 4.69) is 0 Å². The molecular weight excluding hydrogens is 439 g/mol. The number of nitro benzene ring substituents is 1. The zero-order valence-corrected chi connectivity index (χ0v) is 18.1. The Morgan fingerprint density at radius 3 is 2.61 bits per heavy atom. The van der Waals surface area contributed by atoms with Gasteiger partial charge < -0.3 is 4.42 Å². The van der Waals surface area contributed by atoms with E-state index in [1.807, 2.05) is 6.92 Å². The third kappa shape index (κ3) is 4.01. The van der Waals surface area contributed by atoms with Crippen LogP contribution in [0.4, 0.5) is 15.8 Å². The van der Waals surface area contributed by atoms with Gasteiger partial charge >= 0.3 is 0 Å². The fourth-order valence-corrected chi connectivity index (χ4v) is 4.44. The van der Waals surface area contributed by atoms with E-state index >= 15 is 0 Å². The molecule has 0 saturated carbocycles.